The molecule has 0 radical (unpaired) electrons. The van der Waals surface area contributed by atoms with E-state index in [1.54, 1.807) is 24.3 Å². The summed E-state index contributed by atoms with van der Waals surface area (Å²) in [5.41, 5.74) is 0.685. The van der Waals surface area contributed by atoms with Crippen molar-refractivity contribution in [2.45, 2.75) is 19.8 Å². The van der Waals surface area contributed by atoms with Crippen molar-refractivity contribution in [3.05, 3.63) is 24.3 Å². The Morgan fingerprint density at radius 1 is 1.36 bits per heavy atom. The molecule has 0 unspecified atom stereocenters. The number of rotatable bonds is 5. The Morgan fingerprint density at radius 3 is 2.64 bits per heavy atom. The van der Waals surface area contributed by atoms with Crippen LogP contribution in [-0.4, -0.2) is 44.6 Å². The topological polar surface area (TPSA) is 75.7 Å². The summed E-state index contributed by atoms with van der Waals surface area (Å²) < 4.78 is 29.9. The highest BCUT2D eigenvalue weighted by Gasteiger charge is 2.30. The van der Waals surface area contributed by atoms with Gasteiger partial charge < -0.3 is 10.1 Å². The summed E-state index contributed by atoms with van der Waals surface area (Å²) in [4.78, 5) is 12.3. The fourth-order valence-corrected chi connectivity index (χ4v) is 3.41. The summed E-state index contributed by atoms with van der Waals surface area (Å²) in [6.45, 7) is 3.24. The normalized spacial score (nSPS) is 19.6. The summed E-state index contributed by atoms with van der Waals surface area (Å²) in [6, 6.07) is 7.14. The number of nitrogens with one attached hydrogen (secondary N) is 1. The molecule has 6 nitrogen and oxygen atoms in total. The third-order valence-electron chi connectivity index (χ3n) is 3.66. The molecule has 1 fully saturated rings. The molecule has 1 N–H and O–H groups in total. The van der Waals surface area contributed by atoms with Crippen LogP contribution < -0.4 is 10.1 Å². The quantitative estimate of drug-likeness (QED) is 0.893. The molecule has 122 valence electrons. The van der Waals surface area contributed by atoms with Gasteiger partial charge in [-0.2, -0.15) is 0 Å². The van der Waals surface area contributed by atoms with Crippen molar-refractivity contribution in [2.75, 3.05) is 31.3 Å². The number of carbonyl (C=O) groups is 1. The van der Waals surface area contributed by atoms with Gasteiger partial charge in [-0.3, -0.25) is 4.79 Å². The number of nitrogens with zero attached hydrogens (tertiary/aromatic N) is 1. The first-order valence-electron chi connectivity index (χ1n) is 7.39. The Kier molecular flexibility index (Phi) is 5.42. The highest BCUT2D eigenvalue weighted by atomic mass is 32.2. The minimum Gasteiger partial charge on any atom is -0.494 e. The van der Waals surface area contributed by atoms with E-state index < -0.39 is 10.0 Å². The molecule has 1 saturated heterocycles. The van der Waals surface area contributed by atoms with Gasteiger partial charge in [0.1, 0.15) is 5.75 Å². The minimum atomic E-state index is -3.24. The van der Waals surface area contributed by atoms with Crippen LogP contribution in [-0.2, 0) is 14.8 Å². The van der Waals surface area contributed by atoms with Crippen molar-refractivity contribution in [3.8, 4) is 5.75 Å². The number of benzene rings is 1. The predicted molar refractivity (Wildman–Crippen MR) is 85.4 cm³/mol. The maximum Gasteiger partial charge on any atom is 0.228 e. The summed E-state index contributed by atoms with van der Waals surface area (Å²) in [7, 11) is -3.24. The van der Waals surface area contributed by atoms with E-state index in [9.17, 15) is 13.2 Å². The number of amides is 1. The zero-order chi connectivity index (χ0) is 16.2. The van der Waals surface area contributed by atoms with E-state index in [2.05, 4.69) is 5.32 Å². The fraction of sp³-hybridized carbons (Fsp3) is 0.533. The monoisotopic (exact) mass is 326 g/mol. The fourth-order valence-electron chi connectivity index (χ4n) is 2.50. The van der Waals surface area contributed by atoms with Gasteiger partial charge in [0, 0.05) is 18.8 Å². The number of ether oxygens (including phenoxy) is 1. The zero-order valence-corrected chi connectivity index (χ0v) is 13.7. The van der Waals surface area contributed by atoms with E-state index in [0.29, 0.717) is 31.7 Å². The lowest BCUT2D eigenvalue weighted by atomic mass is 9.99. The van der Waals surface area contributed by atoms with Crippen LogP contribution in [0.2, 0.25) is 0 Å². The minimum absolute atomic E-state index is 0.141. The van der Waals surface area contributed by atoms with Gasteiger partial charge in [0.25, 0.3) is 0 Å². The molecule has 1 heterocycles. The van der Waals surface area contributed by atoms with Gasteiger partial charge >= 0.3 is 0 Å². The number of hydrogen-bond donors (Lipinski definition) is 1. The van der Waals surface area contributed by atoms with Gasteiger partial charge in [-0.05, 0) is 44.0 Å². The van der Waals surface area contributed by atoms with Crippen molar-refractivity contribution in [3.63, 3.8) is 0 Å². The maximum absolute atomic E-state index is 12.3. The molecule has 1 aromatic carbocycles. The van der Waals surface area contributed by atoms with Crippen molar-refractivity contribution in [1.82, 2.24) is 4.31 Å². The molecular formula is C15H22N2O4S. The predicted octanol–water partition coefficient (Wildman–Crippen LogP) is 1.70. The van der Waals surface area contributed by atoms with Gasteiger partial charge in [-0.25, -0.2) is 12.7 Å². The van der Waals surface area contributed by atoms with Crippen LogP contribution in [0.5, 0.6) is 5.75 Å². The van der Waals surface area contributed by atoms with Crippen molar-refractivity contribution in [1.29, 1.82) is 0 Å². The molecule has 0 aliphatic carbocycles. The molecule has 2 rings (SSSR count). The molecule has 0 saturated carbocycles. The Labute approximate surface area is 131 Å². The molecule has 1 aliphatic heterocycles. The SMILES string of the molecule is CCOc1ccc(NC(=O)[C@H]2CCCN(S(C)(=O)=O)C2)cc1. The van der Waals surface area contributed by atoms with E-state index in [-0.39, 0.29) is 18.4 Å². The van der Waals surface area contributed by atoms with Gasteiger partial charge in [0.15, 0.2) is 0 Å². The number of piperidine rings is 1. The lowest BCUT2D eigenvalue weighted by molar-refractivity contribution is -0.120. The van der Waals surface area contributed by atoms with E-state index in [0.717, 1.165) is 5.75 Å². The molecule has 1 aliphatic rings. The molecule has 0 spiro atoms. The van der Waals surface area contributed by atoms with Crippen molar-refractivity contribution in [2.24, 2.45) is 5.92 Å². The van der Waals surface area contributed by atoms with Crippen molar-refractivity contribution < 1.29 is 17.9 Å². The van der Waals surface area contributed by atoms with Crippen LogP contribution >= 0.6 is 0 Å². The van der Waals surface area contributed by atoms with Gasteiger partial charge in [-0.1, -0.05) is 0 Å². The molecule has 1 atom stereocenters. The van der Waals surface area contributed by atoms with Crippen LogP contribution in [0.25, 0.3) is 0 Å². The first-order valence-corrected chi connectivity index (χ1v) is 9.24. The zero-order valence-electron chi connectivity index (χ0n) is 12.9. The number of hydrogen-bond acceptors (Lipinski definition) is 4. The van der Waals surface area contributed by atoms with Gasteiger partial charge in [0.2, 0.25) is 15.9 Å². The molecule has 0 bridgehead atoms. The third-order valence-corrected chi connectivity index (χ3v) is 4.93. The second-order valence-corrected chi connectivity index (χ2v) is 7.39. The molecule has 22 heavy (non-hydrogen) atoms. The van der Waals surface area contributed by atoms with E-state index in [1.807, 2.05) is 6.92 Å². The van der Waals surface area contributed by atoms with Crippen LogP contribution in [0.4, 0.5) is 5.69 Å². The lowest BCUT2D eigenvalue weighted by Crippen LogP contribution is -2.43. The number of carbonyl (C=O) groups excluding carboxylic acids is 1. The Hall–Kier alpha value is -1.60. The second-order valence-electron chi connectivity index (χ2n) is 5.41. The summed E-state index contributed by atoms with van der Waals surface area (Å²) >= 11 is 0. The Morgan fingerprint density at radius 2 is 2.05 bits per heavy atom. The average molecular weight is 326 g/mol. The Balaban J connectivity index is 1.96. The summed E-state index contributed by atoms with van der Waals surface area (Å²) in [5, 5.41) is 2.84. The molecule has 0 aromatic heterocycles. The smallest absolute Gasteiger partial charge is 0.228 e. The molecular weight excluding hydrogens is 304 g/mol. The first kappa shape index (κ1) is 16.8. The molecule has 7 heteroatoms. The average Bonchev–Trinajstić information content (AvgIpc) is 2.49. The van der Waals surface area contributed by atoms with Gasteiger partial charge in [-0.15, -0.1) is 0 Å². The first-order chi connectivity index (χ1) is 10.4. The summed E-state index contributed by atoms with van der Waals surface area (Å²) in [6.07, 6.45) is 2.59. The summed E-state index contributed by atoms with van der Waals surface area (Å²) in [5.74, 6) is 0.300. The maximum atomic E-state index is 12.3. The van der Waals surface area contributed by atoms with Crippen LogP contribution in [0.15, 0.2) is 24.3 Å². The van der Waals surface area contributed by atoms with E-state index in [1.165, 1.54) is 10.6 Å². The lowest BCUT2D eigenvalue weighted by Gasteiger charge is -2.30. The molecule has 1 aromatic rings. The van der Waals surface area contributed by atoms with E-state index in [4.69, 9.17) is 4.74 Å². The van der Waals surface area contributed by atoms with Gasteiger partial charge in [0.05, 0.1) is 18.8 Å². The largest absolute Gasteiger partial charge is 0.494 e. The van der Waals surface area contributed by atoms with Crippen LogP contribution in [0.3, 0.4) is 0 Å². The standard InChI is InChI=1S/C15H22N2O4S/c1-3-21-14-8-6-13(7-9-14)16-15(18)12-5-4-10-17(11-12)22(2,19)20/h6-9,12H,3-5,10-11H2,1-2H3,(H,16,18)/t12-/m0/s1. The third kappa shape index (κ3) is 4.45. The highest BCUT2D eigenvalue weighted by molar-refractivity contribution is 7.88. The Bertz CT molecular complexity index is 613. The van der Waals surface area contributed by atoms with E-state index >= 15 is 0 Å². The van der Waals surface area contributed by atoms with Crippen LogP contribution in [0, 0.1) is 5.92 Å². The number of anilines is 1. The highest BCUT2D eigenvalue weighted by Crippen LogP contribution is 2.21. The van der Waals surface area contributed by atoms with Crippen LogP contribution in [0.1, 0.15) is 19.8 Å². The number of sulfonamides is 1. The van der Waals surface area contributed by atoms with Crippen molar-refractivity contribution >= 4 is 21.6 Å². The molecule has 1 amide bonds. The second kappa shape index (κ2) is 7.11.